The third-order valence-electron chi connectivity index (χ3n) is 10.5. The molecule has 1 aliphatic heterocycles. The first kappa shape index (κ1) is 33.6. The van der Waals surface area contributed by atoms with Crippen LogP contribution in [0.5, 0.6) is 0 Å². The van der Waals surface area contributed by atoms with Crippen molar-refractivity contribution in [2.75, 3.05) is 26.2 Å². The first-order valence-electron chi connectivity index (χ1n) is 16.7. The Hall–Kier alpha value is -3.79. The molecule has 2 aromatic rings. The molecule has 2 aromatic carbocycles. The molecule has 1 amide bonds. The Morgan fingerprint density at radius 3 is 2.41 bits per heavy atom. The van der Waals surface area contributed by atoms with Gasteiger partial charge in [-0.25, -0.2) is 9.18 Å². The molecular weight excluding hydrogens is 589 g/mol. The molecule has 1 N–H and O–H groups in total. The second-order valence-electron chi connectivity index (χ2n) is 13.4. The van der Waals surface area contributed by atoms with Crippen LogP contribution < -0.4 is 0 Å². The van der Waals surface area contributed by atoms with Crippen molar-refractivity contribution in [1.29, 1.82) is 0 Å². The van der Waals surface area contributed by atoms with E-state index in [9.17, 15) is 29.2 Å². The number of nitro benzene ring substituents is 1. The summed E-state index contributed by atoms with van der Waals surface area (Å²) in [5.41, 5.74) is 1.61. The number of hydrogen-bond acceptors (Lipinski definition) is 6. The molecule has 0 radical (unpaired) electrons. The number of carboxylic acids is 1. The molecule has 248 valence electrons. The minimum atomic E-state index is -0.681. The topological polar surface area (TPSA) is 113 Å². The summed E-state index contributed by atoms with van der Waals surface area (Å²) < 4.78 is 19.9. The second kappa shape index (κ2) is 15.7. The normalized spacial score (nSPS) is 23.5. The minimum Gasteiger partial charge on any atom is -0.481 e. The van der Waals surface area contributed by atoms with E-state index in [-0.39, 0.29) is 53.7 Å². The number of amides is 1. The molecule has 2 unspecified atom stereocenters. The molecule has 0 bridgehead atoms. The number of hydrogen-bond donors (Lipinski definition) is 1. The number of carbonyl (C=O) groups is 2. The standard InChI is InChI=1S/C36H46FN3O6/c1-2-17-39(36(43)46-24-25-11-13-32(14-12-25)40(44)45)31-15-18-38(19-16-31)23-29-20-28(22-33(29)27-9-6-10-30(37)21-27)34(35(41)42)26-7-4-3-5-8-26/h2,6,9-14,21,26,28-29,31,33-34H,1,3-5,7-8,15-20,22-24H2,(H,41,42)/t28?,29-,33-,34?/m1/s1. The Labute approximate surface area is 270 Å². The van der Waals surface area contributed by atoms with Crippen LogP contribution in [0.3, 0.4) is 0 Å². The van der Waals surface area contributed by atoms with E-state index in [1.54, 1.807) is 35.2 Å². The molecule has 2 saturated carbocycles. The Morgan fingerprint density at radius 2 is 1.78 bits per heavy atom. The highest BCUT2D eigenvalue weighted by Crippen LogP contribution is 2.50. The van der Waals surface area contributed by atoms with Crippen LogP contribution in [0.4, 0.5) is 14.9 Å². The third-order valence-corrected chi connectivity index (χ3v) is 10.5. The molecule has 9 nitrogen and oxygen atoms in total. The van der Waals surface area contributed by atoms with Gasteiger partial charge in [0.25, 0.3) is 5.69 Å². The van der Waals surface area contributed by atoms with E-state index in [1.807, 2.05) is 6.07 Å². The zero-order chi connectivity index (χ0) is 32.6. The highest BCUT2D eigenvalue weighted by atomic mass is 19.1. The van der Waals surface area contributed by atoms with E-state index in [0.29, 0.717) is 12.1 Å². The number of non-ortho nitro benzene ring substituents is 1. The lowest BCUT2D eigenvalue weighted by Crippen LogP contribution is -2.48. The first-order chi connectivity index (χ1) is 22.2. The Morgan fingerprint density at radius 1 is 1.07 bits per heavy atom. The van der Waals surface area contributed by atoms with E-state index < -0.39 is 17.0 Å². The van der Waals surface area contributed by atoms with Gasteiger partial charge in [-0.05, 0) is 97.6 Å². The van der Waals surface area contributed by atoms with Crippen LogP contribution >= 0.6 is 0 Å². The van der Waals surface area contributed by atoms with Gasteiger partial charge in [0.2, 0.25) is 0 Å². The molecule has 5 rings (SSSR count). The number of benzene rings is 2. The Bertz CT molecular complexity index is 1360. The summed E-state index contributed by atoms with van der Waals surface area (Å²) in [4.78, 5) is 40.3. The molecular formula is C36H46FN3O6. The average Bonchev–Trinajstić information content (AvgIpc) is 3.46. The fourth-order valence-electron chi connectivity index (χ4n) is 8.29. The SMILES string of the molecule is C=CCN(C(=O)OCc1ccc([N+](=O)[O-])cc1)C1CCN(C[C@H]2CC(C(C(=O)O)C3CCCCC3)C[C@@H]2c2cccc(F)c2)CC1. The number of likely N-dealkylation sites (tertiary alicyclic amines) is 1. The molecule has 2 aliphatic carbocycles. The average molecular weight is 636 g/mol. The highest BCUT2D eigenvalue weighted by Gasteiger charge is 2.45. The van der Waals surface area contributed by atoms with Crippen molar-refractivity contribution in [2.24, 2.45) is 23.7 Å². The van der Waals surface area contributed by atoms with Crippen LogP contribution in [0.2, 0.25) is 0 Å². The molecule has 4 atom stereocenters. The zero-order valence-corrected chi connectivity index (χ0v) is 26.5. The molecule has 10 heteroatoms. The molecule has 1 saturated heterocycles. The second-order valence-corrected chi connectivity index (χ2v) is 13.4. The van der Waals surface area contributed by atoms with E-state index in [2.05, 4.69) is 11.5 Å². The molecule has 1 heterocycles. The van der Waals surface area contributed by atoms with Crippen LogP contribution in [0.1, 0.15) is 74.8 Å². The van der Waals surface area contributed by atoms with Crippen molar-refractivity contribution in [1.82, 2.24) is 9.80 Å². The number of carboxylic acid groups (broad SMARTS) is 1. The van der Waals surface area contributed by atoms with Crippen LogP contribution in [-0.2, 0) is 16.1 Å². The monoisotopic (exact) mass is 635 g/mol. The van der Waals surface area contributed by atoms with Crippen molar-refractivity contribution in [2.45, 2.75) is 76.4 Å². The quantitative estimate of drug-likeness (QED) is 0.147. The maximum atomic E-state index is 14.3. The molecule has 46 heavy (non-hydrogen) atoms. The predicted octanol–water partition coefficient (Wildman–Crippen LogP) is 7.41. The number of nitro groups is 1. The summed E-state index contributed by atoms with van der Waals surface area (Å²) >= 11 is 0. The van der Waals surface area contributed by atoms with Crippen molar-refractivity contribution < 1.29 is 28.7 Å². The number of halogens is 1. The fraction of sp³-hybridized carbons (Fsp3) is 0.556. The van der Waals surface area contributed by atoms with Gasteiger partial charge in [0.1, 0.15) is 12.4 Å². The molecule has 3 fully saturated rings. The molecule has 3 aliphatic rings. The van der Waals surface area contributed by atoms with E-state index >= 15 is 0 Å². The van der Waals surface area contributed by atoms with Gasteiger partial charge in [0.05, 0.1) is 10.8 Å². The number of aliphatic carboxylic acids is 1. The third kappa shape index (κ3) is 8.32. The van der Waals surface area contributed by atoms with Gasteiger partial charge >= 0.3 is 12.1 Å². The lowest BCUT2D eigenvalue weighted by atomic mass is 9.73. The van der Waals surface area contributed by atoms with Crippen molar-refractivity contribution in [3.63, 3.8) is 0 Å². The van der Waals surface area contributed by atoms with Gasteiger partial charge in [-0.3, -0.25) is 14.9 Å². The summed E-state index contributed by atoms with van der Waals surface area (Å²) in [7, 11) is 0. The van der Waals surface area contributed by atoms with Gasteiger partial charge in [-0.15, -0.1) is 6.58 Å². The van der Waals surface area contributed by atoms with Gasteiger partial charge in [-0.2, -0.15) is 0 Å². The van der Waals surface area contributed by atoms with Crippen molar-refractivity contribution >= 4 is 17.7 Å². The summed E-state index contributed by atoms with van der Waals surface area (Å²) in [6.45, 7) is 6.59. The van der Waals surface area contributed by atoms with E-state index in [1.165, 1.54) is 24.6 Å². The van der Waals surface area contributed by atoms with Gasteiger partial charge < -0.3 is 19.6 Å². The Kier molecular flexibility index (Phi) is 11.4. The van der Waals surface area contributed by atoms with Crippen LogP contribution in [0.15, 0.2) is 61.2 Å². The zero-order valence-electron chi connectivity index (χ0n) is 26.5. The van der Waals surface area contributed by atoms with Crippen LogP contribution in [0.25, 0.3) is 0 Å². The number of piperidine rings is 1. The molecule has 0 spiro atoms. The van der Waals surface area contributed by atoms with Gasteiger partial charge in [-0.1, -0.05) is 37.5 Å². The first-order valence-corrected chi connectivity index (χ1v) is 16.7. The van der Waals surface area contributed by atoms with Gasteiger partial charge in [0.15, 0.2) is 0 Å². The minimum absolute atomic E-state index is 0.0170. The lowest BCUT2D eigenvalue weighted by molar-refractivity contribution is -0.384. The lowest BCUT2D eigenvalue weighted by Gasteiger charge is -2.39. The summed E-state index contributed by atoms with van der Waals surface area (Å²) in [5, 5.41) is 21.3. The summed E-state index contributed by atoms with van der Waals surface area (Å²) in [6, 6.07) is 12.8. The van der Waals surface area contributed by atoms with Crippen LogP contribution in [0, 0.1) is 39.6 Å². The summed E-state index contributed by atoms with van der Waals surface area (Å²) in [6.07, 6.45) is 9.71. The maximum Gasteiger partial charge on any atom is 0.410 e. The number of nitrogens with zero attached hydrogens (tertiary/aromatic N) is 3. The number of carbonyl (C=O) groups excluding carboxylic acids is 1. The predicted molar refractivity (Wildman–Crippen MR) is 173 cm³/mol. The fourth-order valence-corrected chi connectivity index (χ4v) is 8.29. The smallest absolute Gasteiger partial charge is 0.410 e. The highest BCUT2D eigenvalue weighted by molar-refractivity contribution is 5.71. The van der Waals surface area contributed by atoms with Gasteiger partial charge in [0, 0.05) is 44.4 Å². The largest absolute Gasteiger partial charge is 0.481 e. The van der Waals surface area contributed by atoms with Crippen LogP contribution in [-0.4, -0.2) is 64.1 Å². The number of ether oxygens (including phenoxy) is 1. The Balaban J connectivity index is 1.21. The summed E-state index contributed by atoms with van der Waals surface area (Å²) in [5.74, 6) is -0.666. The number of rotatable bonds is 12. The van der Waals surface area contributed by atoms with Crippen molar-refractivity contribution in [3.05, 3.63) is 88.2 Å². The van der Waals surface area contributed by atoms with E-state index in [4.69, 9.17) is 4.74 Å². The maximum absolute atomic E-state index is 14.3. The van der Waals surface area contributed by atoms with E-state index in [0.717, 1.165) is 76.6 Å². The van der Waals surface area contributed by atoms with Crippen molar-refractivity contribution in [3.8, 4) is 0 Å². The molecule has 0 aromatic heterocycles.